The molecule has 0 fully saturated rings. The topological polar surface area (TPSA) is 76.4 Å². The van der Waals surface area contributed by atoms with E-state index in [2.05, 4.69) is 30.5 Å². The zero-order valence-electron chi connectivity index (χ0n) is 11.9. The quantitative estimate of drug-likeness (QED) is 0.706. The second-order valence-corrected chi connectivity index (χ2v) is 7.37. The molecule has 114 valence electrons. The fourth-order valence-electron chi connectivity index (χ4n) is 2.29. The van der Waals surface area contributed by atoms with Gasteiger partial charge in [-0.15, -0.1) is 0 Å². The maximum absolute atomic E-state index is 11.8. The molecule has 0 unspecified atom stereocenters. The molecule has 0 atom stereocenters. The molecule has 0 saturated carbocycles. The van der Waals surface area contributed by atoms with Crippen LogP contribution in [0.2, 0.25) is 0 Å². The van der Waals surface area contributed by atoms with Gasteiger partial charge >= 0.3 is 0 Å². The van der Waals surface area contributed by atoms with Crippen molar-refractivity contribution in [1.29, 1.82) is 0 Å². The van der Waals surface area contributed by atoms with Crippen LogP contribution in [0.5, 0.6) is 0 Å². The molecule has 22 heavy (non-hydrogen) atoms. The van der Waals surface area contributed by atoms with E-state index >= 15 is 0 Å². The predicted octanol–water partition coefficient (Wildman–Crippen LogP) is 2.83. The Labute approximate surface area is 136 Å². The molecule has 0 aliphatic carbocycles. The van der Waals surface area contributed by atoms with Gasteiger partial charge in [-0.3, -0.25) is 4.40 Å². The number of sulfone groups is 1. The van der Waals surface area contributed by atoms with Crippen LogP contribution in [0.1, 0.15) is 5.56 Å². The molecule has 0 bridgehead atoms. The fourth-order valence-corrected chi connectivity index (χ4v) is 3.22. The van der Waals surface area contributed by atoms with Crippen LogP contribution in [-0.4, -0.2) is 29.0 Å². The second kappa shape index (κ2) is 5.36. The van der Waals surface area contributed by atoms with E-state index in [1.54, 1.807) is 36.8 Å². The van der Waals surface area contributed by atoms with Gasteiger partial charge in [-0.25, -0.2) is 18.4 Å². The Bertz CT molecular complexity index is 966. The first kappa shape index (κ1) is 15.0. The molecule has 6 nitrogen and oxygen atoms in total. The monoisotopic (exact) mass is 380 g/mol. The Hall–Kier alpha value is -1.93. The van der Waals surface area contributed by atoms with E-state index in [1.165, 1.54) is 6.26 Å². The Morgan fingerprint density at radius 1 is 1.27 bits per heavy atom. The lowest BCUT2D eigenvalue weighted by Crippen LogP contribution is -1.99. The first-order valence-corrected chi connectivity index (χ1v) is 9.10. The third-order valence-electron chi connectivity index (χ3n) is 3.43. The van der Waals surface area contributed by atoms with Gasteiger partial charge in [0.1, 0.15) is 0 Å². The average Bonchev–Trinajstić information content (AvgIpc) is 2.90. The lowest BCUT2D eigenvalue weighted by Gasteiger charge is -2.08. The van der Waals surface area contributed by atoms with E-state index in [-0.39, 0.29) is 4.90 Å². The number of aryl methyl sites for hydroxylation is 1. The molecule has 1 aromatic carbocycles. The minimum Gasteiger partial charge on any atom is -0.304 e. The number of benzene rings is 1. The highest BCUT2D eigenvalue weighted by atomic mass is 79.9. The molecule has 3 aromatic rings. The van der Waals surface area contributed by atoms with E-state index < -0.39 is 9.84 Å². The summed E-state index contributed by atoms with van der Waals surface area (Å²) in [5.74, 6) is 0.589. The van der Waals surface area contributed by atoms with Crippen molar-refractivity contribution in [2.45, 2.75) is 11.8 Å². The summed E-state index contributed by atoms with van der Waals surface area (Å²) in [5.41, 5.74) is 3.25. The Kier molecular flexibility index (Phi) is 3.65. The number of hydrogen-bond acceptors (Lipinski definition) is 5. The van der Waals surface area contributed by atoms with Crippen LogP contribution >= 0.6 is 16.1 Å². The molecule has 0 amide bonds. The third-order valence-corrected chi connectivity index (χ3v) is 4.92. The van der Waals surface area contributed by atoms with E-state index in [4.69, 9.17) is 0 Å². The van der Waals surface area contributed by atoms with Crippen LogP contribution in [0.15, 0.2) is 41.7 Å². The van der Waals surface area contributed by atoms with Gasteiger partial charge < -0.3 is 4.34 Å². The summed E-state index contributed by atoms with van der Waals surface area (Å²) >= 11 is 3.15. The summed E-state index contributed by atoms with van der Waals surface area (Å²) in [6.07, 6.45) is 6.35. The molecule has 2 aromatic heterocycles. The van der Waals surface area contributed by atoms with Crippen LogP contribution in [0, 0.1) is 6.92 Å². The number of fused-ring (bicyclic) bond motifs is 1. The summed E-state index contributed by atoms with van der Waals surface area (Å²) in [6.45, 7) is 1.94. The lowest BCUT2D eigenvalue weighted by molar-refractivity contribution is 0.602. The standard InChI is InChI=1S/C14H13BrN4O2S/c1-9-3-4-10(22(2,20)21)7-11(9)12-8-17-14-13(18-15)16-5-6-19(12)14/h3-8H,1-2H3,(H,16,18). The SMILES string of the molecule is Cc1ccc(S(C)(=O)=O)cc1-c1cnc2c(NBr)nccn12. The van der Waals surface area contributed by atoms with Gasteiger partial charge in [0.15, 0.2) is 21.3 Å². The van der Waals surface area contributed by atoms with Crippen molar-refractivity contribution < 1.29 is 8.42 Å². The van der Waals surface area contributed by atoms with Gasteiger partial charge in [0.05, 0.1) is 16.8 Å². The van der Waals surface area contributed by atoms with Crippen LogP contribution in [0.25, 0.3) is 16.9 Å². The van der Waals surface area contributed by atoms with E-state index in [1.807, 2.05) is 11.3 Å². The molecule has 1 N–H and O–H groups in total. The highest BCUT2D eigenvalue weighted by molar-refractivity contribution is 9.10. The zero-order valence-corrected chi connectivity index (χ0v) is 14.3. The first-order chi connectivity index (χ1) is 10.4. The largest absolute Gasteiger partial charge is 0.304 e. The number of aromatic nitrogens is 3. The fraction of sp³-hybridized carbons (Fsp3) is 0.143. The summed E-state index contributed by atoms with van der Waals surface area (Å²) in [6, 6.07) is 5.09. The second-order valence-electron chi connectivity index (χ2n) is 4.96. The Morgan fingerprint density at radius 2 is 2.05 bits per heavy atom. The van der Waals surface area contributed by atoms with Crippen LogP contribution in [0.3, 0.4) is 0 Å². The normalized spacial score (nSPS) is 11.8. The first-order valence-electron chi connectivity index (χ1n) is 6.41. The minimum atomic E-state index is -3.26. The van der Waals surface area contributed by atoms with Crippen molar-refractivity contribution in [1.82, 2.24) is 14.4 Å². The van der Waals surface area contributed by atoms with Gasteiger partial charge in [0.2, 0.25) is 0 Å². The molecule has 3 rings (SSSR count). The molecule has 0 radical (unpaired) electrons. The van der Waals surface area contributed by atoms with Gasteiger partial charge in [-0.2, -0.15) is 0 Å². The maximum Gasteiger partial charge on any atom is 0.181 e. The van der Waals surface area contributed by atoms with Crippen molar-refractivity contribution >= 4 is 37.4 Å². The summed E-state index contributed by atoms with van der Waals surface area (Å²) < 4.78 is 28.2. The highest BCUT2D eigenvalue weighted by Crippen LogP contribution is 2.28. The minimum absolute atomic E-state index is 0.288. The van der Waals surface area contributed by atoms with E-state index in [9.17, 15) is 8.42 Å². The van der Waals surface area contributed by atoms with Crippen molar-refractivity contribution in [3.63, 3.8) is 0 Å². The maximum atomic E-state index is 11.8. The number of rotatable bonds is 3. The predicted molar refractivity (Wildman–Crippen MR) is 88.8 cm³/mol. The molecule has 0 saturated heterocycles. The summed E-state index contributed by atoms with van der Waals surface area (Å²) in [4.78, 5) is 8.82. The molecule has 0 aliphatic heterocycles. The number of anilines is 1. The number of hydrogen-bond donors (Lipinski definition) is 1. The lowest BCUT2D eigenvalue weighted by atomic mass is 10.1. The molecular weight excluding hydrogens is 368 g/mol. The molecular formula is C14H13BrN4O2S. The van der Waals surface area contributed by atoms with Gasteiger partial charge in [-0.05, 0) is 24.6 Å². The van der Waals surface area contributed by atoms with Crippen molar-refractivity contribution in [3.8, 4) is 11.3 Å². The van der Waals surface area contributed by atoms with E-state index in [0.717, 1.165) is 16.8 Å². The number of nitrogens with zero attached hydrogens (tertiary/aromatic N) is 3. The summed E-state index contributed by atoms with van der Waals surface area (Å²) in [5, 5.41) is 0. The zero-order chi connectivity index (χ0) is 15.9. The van der Waals surface area contributed by atoms with Gasteiger partial charge in [-0.1, -0.05) is 6.07 Å². The average molecular weight is 381 g/mol. The highest BCUT2D eigenvalue weighted by Gasteiger charge is 2.15. The molecule has 2 heterocycles. The van der Waals surface area contributed by atoms with Crippen LogP contribution in [0.4, 0.5) is 5.82 Å². The number of halogens is 1. The molecule has 0 aliphatic rings. The molecule has 0 spiro atoms. The number of imidazole rings is 1. The van der Waals surface area contributed by atoms with Crippen molar-refractivity contribution in [2.75, 3.05) is 10.6 Å². The van der Waals surface area contributed by atoms with Crippen LogP contribution in [-0.2, 0) is 9.84 Å². The Morgan fingerprint density at radius 3 is 2.73 bits per heavy atom. The Balaban J connectivity index is 2.28. The van der Waals surface area contributed by atoms with Crippen LogP contribution < -0.4 is 4.34 Å². The van der Waals surface area contributed by atoms with Crippen molar-refractivity contribution in [3.05, 3.63) is 42.4 Å². The summed E-state index contributed by atoms with van der Waals surface area (Å²) in [7, 11) is -3.26. The van der Waals surface area contributed by atoms with E-state index in [0.29, 0.717) is 11.5 Å². The van der Waals surface area contributed by atoms with Gasteiger partial charge in [0, 0.05) is 40.4 Å². The number of nitrogens with one attached hydrogen (secondary N) is 1. The smallest absolute Gasteiger partial charge is 0.181 e. The third kappa shape index (κ3) is 2.48. The molecule has 8 heteroatoms. The van der Waals surface area contributed by atoms with Gasteiger partial charge in [0.25, 0.3) is 0 Å². The van der Waals surface area contributed by atoms with Crippen molar-refractivity contribution in [2.24, 2.45) is 0 Å².